The molecule has 0 aliphatic rings. The van der Waals surface area contributed by atoms with Crippen molar-refractivity contribution in [3.8, 4) is 0 Å². The third-order valence-corrected chi connectivity index (χ3v) is 3.49. The number of rotatable bonds is 3. The number of nitrogens with one attached hydrogen (secondary N) is 1. The summed E-state index contributed by atoms with van der Waals surface area (Å²) in [6.45, 7) is 10.6. The fourth-order valence-corrected chi connectivity index (χ4v) is 2.46. The Morgan fingerprint density at radius 1 is 1.00 bits per heavy atom. The van der Waals surface area contributed by atoms with Gasteiger partial charge < -0.3 is 5.32 Å². The van der Waals surface area contributed by atoms with Gasteiger partial charge in [0.2, 0.25) is 0 Å². The molecule has 0 bridgehead atoms. The highest BCUT2D eigenvalue weighted by Crippen LogP contribution is 2.24. The molecule has 2 heteroatoms. The largest absolute Gasteiger partial charge is 0.377 e. The van der Waals surface area contributed by atoms with Crippen LogP contribution < -0.4 is 5.32 Å². The van der Waals surface area contributed by atoms with Gasteiger partial charge in [0, 0.05) is 11.7 Å². The lowest BCUT2D eigenvalue weighted by Crippen LogP contribution is -2.10. The zero-order valence-electron chi connectivity index (χ0n) is 12.4. The molecule has 1 heterocycles. The quantitative estimate of drug-likeness (QED) is 0.873. The number of aryl methyl sites for hydroxylation is 4. The van der Waals surface area contributed by atoms with E-state index in [9.17, 15) is 0 Å². The number of anilines is 1. The molecule has 1 unspecified atom stereocenters. The Morgan fingerprint density at radius 3 is 2.37 bits per heavy atom. The molecule has 0 fully saturated rings. The Morgan fingerprint density at radius 2 is 1.74 bits per heavy atom. The third-order valence-electron chi connectivity index (χ3n) is 3.49. The van der Waals surface area contributed by atoms with Crippen molar-refractivity contribution in [1.82, 2.24) is 4.98 Å². The van der Waals surface area contributed by atoms with Gasteiger partial charge in [-0.3, -0.25) is 4.98 Å². The first-order valence-corrected chi connectivity index (χ1v) is 6.75. The van der Waals surface area contributed by atoms with Crippen LogP contribution in [0.1, 0.15) is 41.0 Å². The lowest BCUT2D eigenvalue weighted by atomic mass is 10.00. The summed E-state index contributed by atoms with van der Waals surface area (Å²) in [5, 5.41) is 3.55. The molecule has 1 aromatic carbocycles. The van der Waals surface area contributed by atoms with Crippen LogP contribution >= 0.6 is 0 Å². The summed E-state index contributed by atoms with van der Waals surface area (Å²) in [5.74, 6) is 0. The molecule has 2 rings (SSSR count). The minimum absolute atomic E-state index is 0.281. The molecule has 100 valence electrons. The van der Waals surface area contributed by atoms with E-state index in [1.54, 1.807) is 0 Å². The van der Waals surface area contributed by atoms with Crippen LogP contribution in [0.5, 0.6) is 0 Å². The first kappa shape index (κ1) is 13.6. The Hall–Kier alpha value is -1.83. The van der Waals surface area contributed by atoms with Crippen molar-refractivity contribution in [2.75, 3.05) is 5.32 Å². The molecule has 0 amide bonds. The highest BCUT2D eigenvalue weighted by molar-refractivity contribution is 5.50. The monoisotopic (exact) mass is 254 g/mol. The first-order valence-electron chi connectivity index (χ1n) is 6.75. The van der Waals surface area contributed by atoms with Crippen molar-refractivity contribution in [1.29, 1.82) is 0 Å². The summed E-state index contributed by atoms with van der Waals surface area (Å²) in [7, 11) is 0. The third kappa shape index (κ3) is 3.14. The number of aromatic nitrogens is 1. The number of hydrogen-bond donors (Lipinski definition) is 1. The Kier molecular flexibility index (Phi) is 3.89. The predicted octanol–water partition coefficient (Wildman–Crippen LogP) is 4.49. The van der Waals surface area contributed by atoms with Crippen LogP contribution in [0.15, 0.2) is 30.3 Å². The molecule has 2 aromatic rings. The van der Waals surface area contributed by atoms with E-state index in [2.05, 4.69) is 55.3 Å². The van der Waals surface area contributed by atoms with E-state index in [-0.39, 0.29) is 6.04 Å². The molecule has 0 aliphatic heterocycles. The second kappa shape index (κ2) is 5.43. The second-order valence-electron chi connectivity index (χ2n) is 5.31. The van der Waals surface area contributed by atoms with Crippen LogP contribution in [-0.4, -0.2) is 4.98 Å². The molecular weight excluding hydrogens is 232 g/mol. The zero-order chi connectivity index (χ0) is 14.0. The van der Waals surface area contributed by atoms with Gasteiger partial charge in [-0.2, -0.15) is 0 Å². The molecule has 1 atom stereocenters. The summed E-state index contributed by atoms with van der Waals surface area (Å²) >= 11 is 0. The van der Waals surface area contributed by atoms with E-state index in [0.717, 1.165) is 17.1 Å². The van der Waals surface area contributed by atoms with Crippen molar-refractivity contribution in [2.45, 2.75) is 40.7 Å². The van der Waals surface area contributed by atoms with Gasteiger partial charge in [0.15, 0.2) is 0 Å². The van der Waals surface area contributed by atoms with E-state index >= 15 is 0 Å². The van der Waals surface area contributed by atoms with Gasteiger partial charge in [0.1, 0.15) is 0 Å². The van der Waals surface area contributed by atoms with E-state index in [4.69, 9.17) is 0 Å². The zero-order valence-corrected chi connectivity index (χ0v) is 12.4. The highest BCUT2D eigenvalue weighted by atomic mass is 14.9. The highest BCUT2D eigenvalue weighted by Gasteiger charge is 2.10. The molecular formula is C17H22N2. The summed E-state index contributed by atoms with van der Waals surface area (Å²) in [4.78, 5) is 4.49. The van der Waals surface area contributed by atoms with Crippen molar-refractivity contribution < 1.29 is 0 Å². The maximum Gasteiger partial charge on any atom is 0.0607 e. The SMILES string of the molecule is Cc1ccc(C(C)Nc2ccc(C)nc2C)c(C)c1. The van der Waals surface area contributed by atoms with Crippen LogP contribution in [-0.2, 0) is 0 Å². The Bertz CT molecular complexity index is 588. The van der Waals surface area contributed by atoms with E-state index in [1.165, 1.54) is 16.7 Å². The topological polar surface area (TPSA) is 24.9 Å². The van der Waals surface area contributed by atoms with Crippen molar-refractivity contribution in [3.05, 3.63) is 58.4 Å². The van der Waals surface area contributed by atoms with Gasteiger partial charge in [-0.05, 0) is 57.9 Å². The fourth-order valence-electron chi connectivity index (χ4n) is 2.46. The standard InChI is InChI=1S/C17H22N2/c1-11-6-8-16(12(2)10-11)14(4)19-17-9-7-13(3)18-15(17)5/h6-10,14,19H,1-5H3. The molecule has 2 nitrogen and oxygen atoms in total. The maximum absolute atomic E-state index is 4.49. The van der Waals surface area contributed by atoms with Gasteiger partial charge in [0.25, 0.3) is 0 Å². The van der Waals surface area contributed by atoms with Gasteiger partial charge in [0.05, 0.1) is 11.4 Å². The number of pyridine rings is 1. The summed E-state index contributed by atoms with van der Waals surface area (Å²) < 4.78 is 0. The van der Waals surface area contributed by atoms with Gasteiger partial charge in [-0.1, -0.05) is 23.8 Å². The molecule has 0 aliphatic carbocycles. The molecule has 1 aromatic heterocycles. The van der Waals surface area contributed by atoms with Gasteiger partial charge in [-0.25, -0.2) is 0 Å². The number of hydrogen-bond acceptors (Lipinski definition) is 2. The van der Waals surface area contributed by atoms with E-state index in [0.29, 0.717) is 0 Å². The van der Waals surface area contributed by atoms with Crippen LogP contribution in [0.4, 0.5) is 5.69 Å². The first-order chi connectivity index (χ1) is 8.97. The molecule has 19 heavy (non-hydrogen) atoms. The smallest absolute Gasteiger partial charge is 0.0607 e. The molecule has 0 saturated carbocycles. The summed E-state index contributed by atoms with van der Waals surface area (Å²) in [6.07, 6.45) is 0. The maximum atomic E-state index is 4.49. The van der Waals surface area contributed by atoms with E-state index < -0.39 is 0 Å². The van der Waals surface area contributed by atoms with E-state index in [1.807, 2.05) is 19.9 Å². The summed E-state index contributed by atoms with van der Waals surface area (Å²) in [6, 6.07) is 11.0. The minimum atomic E-state index is 0.281. The lowest BCUT2D eigenvalue weighted by molar-refractivity contribution is 0.867. The van der Waals surface area contributed by atoms with Gasteiger partial charge >= 0.3 is 0 Å². The van der Waals surface area contributed by atoms with Crippen LogP contribution in [0.3, 0.4) is 0 Å². The second-order valence-corrected chi connectivity index (χ2v) is 5.31. The van der Waals surface area contributed by atoms with Crippen LogP contribution in [0, 0.1) is 27.7 Å². The van der Waals surface area contributed by atoms with Crippen molar-refractivity contribution in [3.63, 3.8) is 0 Å². The van der Waals surface area contributed by atoms with Crippen LogP contribution in [0.25, 0.3) is 0 Å². The minimum Gasteiger partial charge on any atom is -0.377 e. The normalized spacial score (nSPS) is 12.3. The Labute approximate surface area is 115 Å². The number of benzene rings is 1. The van der Waals surface area contributed by atoms with Gasteiger partial charge in [-0.15, -0.1) is 0 Å². The predicted molar refractivity (Wildman–Crippen MR) is 81.7 cm³/mol. The van der Waals surface area contributed by atoms with Crippen LogP contribution in [0.2, 0.25) is 0 Å². The lowest BCUT2D eigenvalue weighted by Gasteiger charge is -2.19. The Balaban J connectivity index is 2.23. The molecule has 0 saturated heterocycles. The fraction of sp³-hybridized carbons (Fsp3) is 0.353. The summed E-state index contributed by atoms with van der Waals surface area (Å²) in [5.41, 5.74) is 7.20. The average molecular weight is 254 g/mol. The molecule has 0 radical (unpaired) electrons. The molecule has 1 N–H and O–H groups in total. The molecule has 0 spiro atoms. The average Bonchev–Trinajstić information content (AvgIpc) is 2.32. The van der Waals surface area contributed by atoms with Crippen molar-refractivity contribution in [2.24, 2.45) is 0 Å². The van der Waals surface area contributed by atoms with Crippen molar-refractivity contribution >= 4 is 5.69 Å². The number of nitrogens with zero attached hydrogens (tertiary/aromatic N) is 1.